The lowest BCUT2D eigenvalue weighted by atomic mass is 10.3. The maximum Gasteiger partial charge on any atom is 0.237 e. The lowest BCUT2D eigenvalue weighted by Crippen LogP contribution is -2.31. The zero-order valence-corrected chi connectivity index (χ0v) is 16.9. The molecule has 1 N–H and O–H groups in total. The van der Waals surface area contributed by atoms with Crippen LogP contribution in [0.5, 0.6) is 11.5 Å². The van der Waals surface area contributed by atoms with Gasteiger partial charge in [-0.15, -0.1) is 0 Å². The fraction of sp³-hybridized carbons (Fsp3) is 0.300. The van der Waals surface area contributed by atoms with E-state index in [1.54, 1.807) is 0 Å². The average molecular weight is 389 g/mol. The smallest absolute Gasteiger partial charge is 0.237 e. The number of carbonyl (C=O) groups excluding carboxylic acids is 1. The van der Waals surface area contributed by atoms with Crippen molar-refractivity contribution in [3.05, 3.63) is 54.6 Å². The van der Waals surface area contributed by atoms with Gasteiger partial charge in [0.2, 0.25) is 5.91 Å². The number of amides is 1. The SMILES string of the molecule is CCN(CC)C(=S)S[C@@H](C)C(=O)Nc1ccc(Oc2ccccc2)cc1. The first-order chi connectivity index (χ1) is 12.5. The number of nitrogens with one attached hydrogen (secondary N) is 1. The van der Waals surface area contributed by atoms with Crippen molar-refractivity contribution in [3.8, 4) is 11.5 Å². The topological polar surface area (TPSA) is 41.6 Å². The Bertz CT molecular complexity index is 716. The summed E-state index contributed by atoms with van der Waals surface area (Å²) in [5.74, 6) is 1.43. The van der Waals surface area contributed by atoms with Crippen molar-refractivity contribution < 1.29 is 9.53 Å². The van der Waals surface area contributed by atoms with Crippen molar-refractivity contribution in [2.45, 2.75) is 26.0 Å². The number of hydrogen-bond donors (Lipinski definition) is 1. The first-order valence-corrected chi connectivity index (χ1v) is 9.91. The van der Waals surface area contributed by atoms with Crippen molar-refractivity contribution in [1.82, 2.24) is 4.90 Å². The van der Waals surface area contributed by atoms with Crippen LogP contribution in [-0.4, -0.2) is 33.5 Å². The van der Waals surface area contributed by atoms with Gasteiger partial charge in [-0.2, -0.15) is 0 Å². The molecular formula is C20H24N2O2S2. The second kappa shape index (κ2) is 10.2. The van der Waals surface area contributed by atoms with E-state index in [1.165, 1.54) is 11.8 Å². The van der Waals surface area contributed by atoms with E-state index in [1.807, 2.05) is 61.5 Å². The monoisotopic (exact) mass is 388 g/mol. The number of ether oxygens (including phenoxy) is 1. The molecule has 0 aliphatic carbocycles. The van der Waals surface area contributed by atoms with E-state index >= 15 is 0 Å². The standard InChI is InChI=1S/C20H24N2O2S2/c1-4-22(5-2)20(25)26-15(3)19(23)21-16-11-13-18(14-12-16)24-17-9-7-6-8-10-17/h6-15H,4-5H2,1-3H3,(H,21,23)/t15-/m0/s1. The van der Waals surface area contributed by atoms with Gasteiger partial charge in [0.05, 0.1) is 5.25 Å². The predicted molar refractivity (Wildman–Crippen MR) is 114 cm³/mol. The molecule has 138 valence electrons. The molecule has 0 radical (unpaired) electrons. The molecule has 2 rings (SSSR count). The van der Waals surface area contributed by atoms with Crippen molar-refractivity contribution in [2.75, 3.05) is 18.4 Å². The summed E-state index contributed by atoms with van der Waals surface area (Å²) in [5, 5.41) is 2.66. The molecule has 0 heterocycles. The summed E-state index contributed by atoms with van der Waals surface area (Å²) >= 11 is 6.82. The van der Waals surface area contributed by atoms with Gasteiger partial charge < -0.3 is 15.0 Å². The van der Waals surface area contributed by atoms with Gasteiger partial charge in [0, 0.05) is 18.8 Å². The van der Waals surface area contributed by atoms with Crippen LogP contribution in [0, 0.1) is 0 Å². The third-order valence-corrected chi connectivity index (χ3v) is 5.34. The number of rotatable bonds is 7. The van der Waals surface area contributed by atoms with Gasteiger partial charge in [-0.3, -0.25) is 4.79 Å². The summed E-state index contributed by atoms with van der Waals surface area (Å²) in [6.07, 6.45) is 0. The maximum absolute atomic E-state index is 12.4. The van der Waals surface area contributed by atoms with Crippen molar-refractivity contribution >= 4 is 39.9 Å². The van der Waals surface area contributed by atoms with Crippen LogP contribution in [0.15, 0.2) is 54.6 Å². The number of thiocarbonyl (C=S) groups is 1. The minimum Gasteiger partial charge on any atom is -0.457 e. The first-order valence-electron chi connectivity index (χ1n) is 8.62. The predicted octanol–water partition coefficient (Wildman–Crippen LogP) is 5.17. The number of benzene rings is 2. The minimum absolute atomic E-state index is 0.0683. The molecule has 0 saturated heterocycles. The maximum atomic E-state index is 12.4. The Morgan fingerprint density at radius 3 is 2.23 bits per heavy atom. The summed E-state index contributed by atoms with van der Waals surface area (Å²) in [6, 6.07) is 16.9. The lowest BCUT2D eigenvalue weighted by molar-refractivity contribution is -0.115. The summed E-state index contributed by atoms with van der Waals surface area (Å²) in [4.78, 5) is 14.5. The van der Waals surface area contributed by atoms with Gasteiger partial charge >= 0.3 is 0 Å². The van der Waals surface area contributed by atoms with E-state index < -0.39 is 0 Å². The number of hydrogen-bond acceptors (Lipinski definition) is 4. The Labute approximate surface area is 164 Å². The molecule has 6 heteroatoms. The normalized spacial score (nSPS) is 11.5. The average Bonchev–Trinajstić information content (AvgIpc) is 2.65. The molecule has 0 unspecified atom stereocenters. The van der Waals surface area contributed by atoms with E-state index in [4.69, 9.17) is 17.0 Å². The van der Waals surface area contributed by atoms with E-state index in [2.05, 4.69) is 24.1 Å². The fourth-order valence-corrected chi connectivity index (χ4v) is 3.80. The molecule has 26 heavy (non-hydrogen) atoms. The van der Waals surface area contributed by atoms with Gasteiger partial charge in [0.15, 0.2) is 0 Å². The highest BCUT2D eigenvalue weighted by Crippen LogP contribution is 2.23. The van der Waals surface area contributed by atoms with Gasteiger partial charge in [-0.1, -0.05) is 42.2 Å². The van der Waals surface area contributed by atoms with Crippen LogP contribution in [0.2, 0.25) is 0 Å². The molecule has 0 aliphatic heterocycles. The number of thioether (sulfide) groups is 1. The number of carbonyl (C=O) groups is 1. The molecule has 0 bridgehead atoms. The summed E-state index contributed by atoms with van der Waals surface area (Å²) in [6.45, 7) is 7.67. The second-order valence-electron chi connectivity index (χ2n) is 5.63. The van der Waals surface area contributed by atoms with Crippen molar-refractivity contribution in [1.29, 1.82) is 0 Å². The van der Waals surface area contributed by atoms with Crippen molar-refractivity contribution in [3.63, 3.8) is 0 Å². The molecule has 0 spiro atoms. The molecule has 1 atom stereocenters. The molecule has 2 aromatic rings. The number of anilines is 1. The molecule has 2 aromatic carbocycles. The van der Waals surface area contributed by atoms with E-state index in [-0.39, 0.29) is 11.2 Å². The molecule has 0 aliphatic rings. The summed E-state index contributed by atoms with van der Waals surface area (Å²) in [5.41, 5.74) is 0.733. The van der Waals surface area contributed by atoms with Crippen molar-refractivity contribution in [2.24, 2.45) is 0 Å². The molecule has 0 saturated carbocycles. The molecule has 4 nitrogen and oxygen atoms in total. The molecular weight excluding hydrogens is 364 g/mol. The molecule has 0 aromatic heterocycles. The van der Waals surface area contributed by atoms with Crippen LogP contribution in [0.3, 0.4) is 0 Å². The van der Waals surface area contributed by atoms with Gasteiger partial charge in [-0.25, -0.2) is 0 Å². The van der Waals surface area contributed by atoms with Crippen LogP contribution in [0.4, 0.5) is 5.69 Å². The van der Waals surface area contributed by atoms with Gasteiger partial charge in [0.1, 0.15) is 15.8 Å². The Morgan fingerprint density at radius 2 is 1.65 bits per heavy atom. The third-order valence-electron chi connectivity index (χ3n) is 3.77. The van der Waals surface area contributed by atoms with E-state index in [9.17, 15) is 4.79 Å². The Hall–Kier alpha value is -2.05. The molecule has 1 amide bonds. The van der Waals surface area contributed by atoms with Crippen LogP contribution >= 0.6 is 24.0 Å². The molecule has 0 fully saturated rings. The highest BCUT2D eigenvalue weighted by atomic mass is 32.2. The van der Waals surface area contributed by atoms with E-state index in [0.717, 1.165) is 34.6 Å². The highest BCUT2D eigenvalue weighted by molar-refractivity contribution is 8.23. The Balaban J connectivity index is 1.89. The third kappa shape index (κ3) is 6.04. The second-order valence-corrected chi connectivity index (χ2v) is 7.60. The number of nitrogens with zero attached hydrogens (tertiary/aromatic N) is 1. The van der Waals surface area contributed by atoms with Crippen LogP contribution in [0.25, 0.3) is 0 Å². The van der Waals surface area contributed by atoms with E-state index in [0.29, 0.717) is 0 Å². The highest BCUT2D eigenvalue weighted by Gasteiger charge is 2.18. The minimum atomic E-state index is -0.261. The summed E-state index contributed by atoms with van der Waals surface area (Å²) in [7, 11) is 0. The number of para-hydroxylation sites is 1. The lowest BCUT2D eigenvalue weighted by Gasteiger charge is -2.22. The Morgan fingerprint density at radius 1 is 1.08 bits per heavy atom. The van der Waals surface area contributed by atoms with Crippen LogP contribution in [-0.2, 0) is 4.79 Å². The quantitative estimate of drug-likeness (QED) is 0.663. The Kier molecular flexibility index (Phi) is 7.94. The first kappa shape index (κ1) is 20.3. The largest absolute Gasteiger partial charge is 0.457 e. The summed E-state index contributed by atoms with van der Waals surface area (Å²) < 4.78 is 6.50. The van der Waals surface area contributed by atoms with Gasteiger partial charge in [-0.05, 0) is 57.2 Å². The van der Waals surface area contributed by atoms with Crippen LogP contribution < -0.4 is 10.1 Å². The van der Waals surface area contributed by atoms with Crippen LogP contribution in [0.1, 0.15) is 20.8 Å². The zero-order chi connectivity index (χ0) is 18.9. The zero-order valence-electron chi connectivity index (χ0n) is 15.3. The fourth-order valence-electron chi connectivity index (χ4n) is 2.24. The van der Waals surface area contributed by atoms with Gasteiger partial charge in [0.25, 0.3) is 0 Å².